The molecule has 2 N–H and O–H groups in total. The van der Waals surface area contributed by atoms with Crippen LogP contribution in [0, 0.1) is 5.82 Å². The maximum Gasteiger partial charge on any atom is 0.414 e. The molecule has 1 amide bonds. The number of cyclic esters (lactones) is 1. The van der Waals surface area contributed by atoms with Crippen LogP contribution < -0.4 is 10.6 Å². The number of nitrogens with zero attached hydrogens (tertiary/aromatic N) is 1. The van der Waals surface area contributed by atoms with E-state index < -0.39 is 27.9 Å². The van der Waals surface area contributed by atoms with Crippen molar-refractivity contribution in [3.63, 3.8) is 0 Å². The van der Waals surface area contributed by atoms with Gasteiger partial charge < -0.3 is 10.5 Å². The van der Waals surface area contributed by atoms with Gasteiger partial charge in [-0.1, -0.05) is 12.1 Å². The molecule has 1 unspecified atom stereocenters. The van der Waals surface area contributed by atoms with E-state index in [-0.39, 0.29) is 24.8 Å². The van der Waals surface area contributed by atoms with Gasteiger partial charge in [-0.3, -0.25) is 4.90 Å². The van der Waals surface area contributed by atoms with E-state index >= 15 is 0 Å². The lowest BCUT2D eigenvalue weighted by Gasteiger charge is -2.19. The van der Waals surface area contributed by atoms with Crippen molar-refractivity contribution >= 4 is 21.6 Å². The summed E-state index contributed by atoms with van der Waals surface area (Å²) in [5.41, 5.74) is 6.30. The van der Waals surface area contributed by atoms with E-state index in [1.807, 2.05) is 0 Å². The largest absolute Gasteiger partial charge is 0.443 e. The predicted octanol–water partition coefficient (Wildman–Crippen LogP) is 1.53. The summed E-state index contributed by atoms with van der Waals surface area (Å²) in [7, 11) is -3.16. The highest BCUT2D eigenvalue weighted by Gasteiger charge is 2.32. The number of halogens is 1. The molecule has 2 heterocycles. The molecule has 0 bridgehead atoms. The number of carbonyl (C=O) groups excluding carboxylic acids is 1. The van der Waals surface area contributed by atoms with Crippen LogP contribution in [0.15, 0.2) is 29.7 Å². The molecule has 0 aliphatic carbocycles. The normalized spacial score (nSPS) is 26.3. The van der Waals surface area contributed by atoms with E-state index in [4.69, 9.17) is 10.5 Å². The van der Waals surface area contributed by atoms with Gasteiger partial charge in [0, 0.05) is 17.9 Å². The Morgan fingerprint density at radius 3 is 2.74 bits per heavy atom. The van der Waals surface area contributed by atoms with Crippen molar-refractivity contribution in [2.75, 3.05) is 23.7 Å². The molecular formula is C15H17FN2O4S. The average molecular weight is 340 g/mol. The molecule has 2 aliphatic rings. The SMILES string of the molecule is NC[C@H]1CN(c2ccc(C3C=CS(=O)(=O)CC3)c(F)c2)C(=O)O1. The predicted molar refractivity (Wildman–Crippen MR) is 83.4 cm³/mol. The Labute approximate surface area is 133 Å². The van der Waals surface area contributed by atoms with Crippen LogP contribution in [0.3, 0.4) is 0 Å². The molecule has 0 radical (unpaired) electrons. The van der Waals surface area contributed by atoms with Gasteiger partial charge in [0.2, 0.25) is 0 Å². The number of benzene rings is 1. The summed E-state index contributed by atoms with van der Waals surface area (Å²) in [5.74, 6) is -0.748. The lowest BCUT2D eigenvalue weighted by Crippen LogP contribution is -2.27. The maximum atomic E-state index is 14.4. The number of anilines is 1. The Kier molecular flexibility index (Phi) is 4.11. The molecule has 3 rings (SSSR count). The number of nitrogens with two attached hydrogens (primary N) is 1. The third kappa shape index (κ3) is 3.23. The molecule has 8 heteroatoms. The van der Waals surface area contributed by atoms with Crippen LogP contribution >= 0.6 is 0 Å². The molecule has 0 aromatic heterocycles. The van der Waals surface area contributed by atoms with Crippen molar-refractivity contribution in [3.8, 4) is 0 Å². The maximum absolute atomic E-state index is 14.4. The van der Waals surface area contributed by atoms with E-state index in [0.717, 1.165) is 5.41 Å². The van der Waals surface area contributed by atoms with E-state index in [0.29, 0.717) is 17.7 Å². The first-order valence-corrected chi connectivity index (χ1v) is 9.00. The summed E-state index contributed by atoms with van der Waals surface area (Å²) in [6.45, 7) is 0.500. The standard InChI is InChI=1S/C15H17FN2O4S/c16-14-7-11(18-9-12(8-17)22-15(18)19)1-2-13(14)10-3-5-23(20,21)6-4-10/h1-3,5,7,10,12H,4,6,8-9,17H2/t10?,12-/m0/s1. The Morgan fingerprint density at radius 2 is 2.17 bits per heavy atom. The van der Waals surface area contributed by atoms with Crippen molar-refractivity contribution in [2.45, 2.75) is 18.4 Å². The number of sulfone groups is 1. The molecular weight excluding hydrogens is 323 g/mol. The first kappa shape index (κ1) is 15.9. The van der Waals surface area contributed by atoms with Crippen molar-refractivity contribution in [2.24, 2.45) is 5.73 Å². The summed E-state index contributed by atoms with van der Waals surface area (Å²) in [6, 6.07) is 4.49. The number of rotatable bonds is 3. The number of allylic oxidation sites excluding steroid dienone is 1. The molecule has 1 saturated heterocycles. The average Bonchev–Trinajstić information content (AvgIpc) is 2.89. The molecule has 1 aromatic carbocycles. The lowest BCUT2D eigenvalue weighted by atomic mass is 9.95. The molecule has 1 fully saturated rings. The first-order valence-electron chi connectivity index (χ1n) is 7.28. The highest BCUT2D eigenvalue weighted by Crippen LogP contribution is 2.31. The minimum atomic E-state index is -3.16. The highest BCUT2D eigenvalue weighted by molar-refractivity contribution is 7.94. The zero-order chi connectivity index (χ0) is 16.6. The highest BCUT2D eigenvalue weighted by atomic mass is 32.2. The monoisotopic (exact) mass is 340 g/mol. The van der Waals surface area contributed by atoms with Gasteiger partial charge in [0.05, 0.1) is 18.0 Å². The van der Waals surface area contributed by atoms with E-state index in [9.17, 15) is 17.6 Å². The van der Waals surface area contributed by atoms with Crippen molar-refractivity contribution < 1.29 is 22.3 Å². The fourth-order valence-electron chi connectivity index (χ4n) is 2.77. The molecule has 23 heavy (non-hydrogen) atoms. The second-order valence-electron chi connectivity index (χ2n) is 5.65. The molecule has 0 spiro atoms. The number of hydrogen-bond donors (Lipinski definition) is 1. The van der Waals surface area contributed by atoms with Gasteiger partial charge in [-0.25, -0.2) is 17.6 Å². The molecule has 6 nitrogen and oxygen atoms in total. The number of hydrogen-bond acceptors (Lipinski definition) is 5. The Bertz CT molecular complexity index is 763. The second-order valence-corrected chi connectivity index (χ2v) is 7.65. The van der Waals surface area contributed by atoms with Gasteiger partial charge >= 0.3 is 6.09 Å². The Balaban J connectivity index is 1.83. The third-order valence-corrected chi connectivity index (χ3v) is 5.44. The fourth-order valence-corrected chi connectivity index (χ4v) is 3.92. The van der Waals surface area contributed by atoms with Crippen molar-refractivity contribution in [1.82, 2.24) is 0 Å². The van der Waals surface area contributed by atoms with Crippen LogP contribution in [-0.4, -0.2) is 39.5 Å². The summed E-state index contributed by atoms with van der Waals surface area (Å²) >= 11 is 0. The fraction of sp³-hybridized carbons (Fsp3) is 0.400. The van der Waals surface area contributed by atoms with Crippen LogP contribution in [0.5, 0.6) is 0 Å². The number of amides is 1. The summed E-state index contributed by atoms with van der Waals surface area (Å²) in [4.78, 5) is 13.1. The Hall–Kier alpha value is -1.93. The zero-order valence-corrected chi connectivity index (χ0v) is 13.1. The van der Waals surface area contributed by atoms with Crippen molar-refractivity contribution in [1.29, 1.82) is 0 Å². The van der Waals surface area contributed by atoms with Gasteiger partial charge in [0.25, 0.3) is 0 Å². The molecule has 2 aliphatic heterocycles. The van der Waals surface area contributed by atoms with Crippen LogP contribution in [0.1, 0.15) is 17.9 Å². The minimum absolute atomic E-state index is 0.00594. The van der Waals surface area contributed by atoms with Crippen LogP contribution in [0.4, 0.5) is 14.9 Å². The molecule has 1 aromatic rings. The van der Waals surface area contributed by atoms with Gasteiger partial charge in [-0.15, -0.1) is 0 Å². The molecule has 124 valence electrons. The van der Waals surface area contributed by atoms with E-state index in [2.05, 4.69) is 0 Å². The zero-order valence-electron chi connectivity index (χ0n) is 12.3. The second kappa shape index (κ2) is 5.93. The Morgan fingerprint density at radius 1 is 1.39 bits per heavy atom. The molecule has 2 atom stereocenters. The third-order valence-electron chi connectivity index (χ3n) is 4.06. The van der Waals surface area contributed by atoms with E-state index in [1.165, 1.54) is 17.0 Å². The summed E-state index contributed by atoms with van der Waals surface area (Å²) in [5, 5.41) is 1.14. The van der Waals surface area contributed by atoms with Gasteiger partial charge in [-0.2, -0.15) is 0 Å². The first-order chi connectivity index (χ1) is 10.9. The van der Waals surface area contributed by atoms with Crippen LogP contribution in [0.2, 0.25) is 0 Å². The molecule has 0 saturated carbocycles. The topological polar surface area (TPSA) is 89.7 Å². The summed E-state index contributed by atoms with van der Waals surface area (Å²) in [6.07, 6.45) is 0.912. The van der Waals surface area contributed by atoms with Gasteiger partial charge in [-0.05, 0) is 24.1 Å². The lowest BCUT2D eigenvalue weighted by molar-refractivity contribution is 0.145. The summed E-state index contributed by atoms with van der Waals surface area (Å²) < 4.78 is 42.2. The smallest absolute Gasteiger partial charge is 0.414 e. The number of ether oxygens (including phenoxy) is 1. The van der Waals surface area contributed by atoms with E-state index in [1.54, 1.807) is 12.1 Å². The van der Waals surface area contributed by atoms with Gasteiger partial charge in [0.15, 0.2) is 9.84 Å². The quantitative estimate of drug-likeness (QED) is 0.901. The van der Waals surface area contributed by atoms with Crippen LogP contribution in [0.25, 0.3) is 0 Å². The number of carbonyl (C=O) groups is 1. The van der Waals surface area contributed by atoms with Gasteiger partial charge in [0.1, 0.15) is 11.9 Å². The minimum Gasteiger partial charge on any atom is -0.443 e. The van der Waals surface area contributed by atoms with Crippen LogP contribution in [-0.2, 0) is 14.6 Å². The van der Waals surface area contributed by atoms with Crippen molar-refractivity contribution in [3.05, 3.63) is 41.1 Å².